The number of sulfonamides is 1. The van der Waals surface area contributed by atoms with Crippen molar-refractivity contribution in [3.63, 3.8) is 0 Å². The molecule has 7 nitrogen and oxygen atoms in total. The van der Waals surface area contributed by atoms with Gasteiger partial charge >= 0.3 is 5.97 Å². The van der Waals surface area contributed by atoms with Crippen LogP contribution in [0.25, 0.3) is 27.1 Å². The molecule has 1 heterocycles. The van der Waals surface area contributed by atoms with Crippen molar-refractivity contribution < 1.29 is 18.3 Å². The lowest BCUT2D eigenvalue weighted by atomic mass is 9.98. The highest BCUT2D eigenvalue weighted by Crippen LogP contribution is 2.39. The van der Waals surface area contributed by atoms with Crippen LogP contribution in [0.4, 0.5) is 11.4 Å². The van der Waals surface area contributed by atoms with Crippen LogP contribution in [0.5, 0.6) is 0 Å². The van der Waals surface area contributed by atoms with Crippen LogP contribution in [0.1, 0.15) is 16.2 Å². The molecule has 0 amide bonds. The molecule has 0 saturated heterocycles. The molecule has 2 aromatic carbocycles. The highest BCUT2D eigenvalue weighted by molar-refractivity contribution is 7.92. The first-order chi connectivity index (χ1) is 13.6. The molecule has 0 aliphatic heterocycles. The van der Waals surface area contributed by atoms with E-state index in [-0.39, 0.29) is 5.69 Å². The number of nitrogens with zero attached hydrogens (tertiary/aromatic N) is 2. The molecule has 3 rings (SSSR count). The van der Waals surface area contributed by atoms with E-state index >= 15 is 0 Å². The third-order valence-corrected chi connectivity index (χ3v) is 5.27. The zero-order valence-electron chi connectivity index (χ0n) is 16.1. The minimum Gasteiger partial charge on any atom is -0.477 e. The van der Waals surface area contributed by atoms with Crippen molar-refractivity contribution in [3.8, 4) is 22.3 Å². The standard InChI is InChI=1S/C21H19N3O4S/c1-13-19(22-2)18(20(21(25)26)24(13)3)15-11-9-14(10-12-15)16-7-5-6-8-17(16)23-29(4,27)28/h5-12,23H,1,3-4H3,(H,25,26). The molecule has 0 saturated carbocycles. The number of carboxylic acids is 1. The number of carboxylic acid groups (broad SMARTS) is 1. The Kier molecular flexibility index (Phi) is 5.18. The molecular weight excluding hydrogens is 390 g/mol. The highest BCUT2D eigenvalue weighted by Gasteiger charge is 2.24. The Labute approximate surface area is 169 Å². The summed E-state index contributed by atoms with van der Waals surface area (Å²) in [4.78, 5) is 15.3. The van der Waals surface area contributed by atoms with Gasteiger partial charge < -0.3 is 9.67 Å². The van der Waals surface area contributed by atoms with Gasteiger partial charge in [-0.1, -0.05) is 42.5 Å². The molecule has 2 N–H and O–H groups in total. The Hall–Kier alpha value is -3.57. The topological polar surface area (TPSA) is 92.8 Å². The van der Waals surface area contributed by atoms with Gasteiger partial charge in [-0.2, -0.15) is 0 Å². The van der Waals surface area contributed by atoms with Crippen molar-refractivity contribution in [3.05, 3.63) is 71.3 Å². The molecular formula is C21H19N3O4S. The summed E-state index contributed by atoms with van der Waals surface area (Å²) < 4.78 is 27.3. The Morgan fingerprint density at radius 1 is 1.10 bits per heavy atom. The molecule has 0 spiro atoms. The summed E-state index contributed by atoms with van der Waals surface area (Å²) in [6.07, 6.45) is 1.09. The second kappa shape index (κ2) is 7.45. The smallest absolute Gasteiger partial charge is 0.351 e. The zero-order chi connectivity index (χ0) is 21.3. The lowest BCUT2D eigenvalue weighted by Gasteiger charge is -2.12. The van der Waals surface area contributed by atoms with Crippen LogP contribution in [0.3, 0.4) is 0 Å². The predicted molar refractivity (Wildman–Crippen MR) is 113 cm³/mol. The molecule has 29 heavy (non-hydrogen) atoms. The van der Waals surface area contributed by atoms with Gasteiger partial charge in [-0.05, 0) is 24.1 Å². The lowest BCUT2D eigenvalue weighted by molar-refractivity contribution is 0.0687. The van der Waals surface area contributed by atoms with Crippen LogP contribution in [-0.2, 0) is 17.1 Å². The van der Waals surface area contributed by atoms with Gasteiger partial charge in [0.1, 0.15) is 5.69 Å². The summed E-state index contributed by atoms with van der Waals surface area (Å²) in [5, 5.41) is 9.63. The summed E-state index contributed by atoms with van der Waals surface area (Å²) in [7, 11) is -1.81. The molecule has 3 aromatic rings. The van der Waals surface area contributed by atoms with Crippen LogP contribution in [0, 0.1) is 13.5 Å². The van der Waals surface area contributed by atoms with Gasteiger partial charge in [-0.25, -0.2) is 18.1 Å². The maximum absolute atomic E-state index is 11.8. The van der Waals surface area contributed by atoms with Crippen LogP contribution in [-0.4, -0.2) is 30.3 Å². The molecule has 0 aliphatic rings. The fourth-order valence-corrected chi connectivity index (χ4v) is 3.87. The largest absolute Gasteiger partial charge is 0.477 e. The highest BCUT2D eigenvalue weighted by atomic mass is 32.2. The molecule has 0 bridgehead atoms. The van der Waals surface area contributed by atoms with E-state index in [0.29, 0.717) is 33.8 Å². The van der Waals surface area contributed by atoms with Crippen molar-refractivity contribution in [2.75, 3.05) is 11.0 Å². The number of carbonyl (C=O) groups is 1. The average molecular weight is 409 g/mol. The fraction of sp³-hybridized carbons (Fsp3) is 0.143. The second-order valence-corrected chi connectivity index (χ2v) is 8.38. The number of hydrogen-bond donors (Lipinski definition) is 2. The van der Waals surface area contributed by atoms with Gasteiger partial charge in [0.25, 0.3) is 0 Å². The van der Waals surface area contributed by atoms with Crippen molar-refractivity contribution in [2.24, 2.45) is 7.05 Å². The average Bonchev–Trinajstić information content (AvgIpc) is 2.92. The van der Waals surface area contributed by atoms with Crippen LogP contribution in [0.2, 0.25) is 0 Å². The van der Waals surface area contributed by atoms with E-state index < -0.39 is 16.0 Å². The quantitative estimate of drug-likeness (QED) is 0.615. The maximum atomic E-state index is 11.8. The summed E-state index contributed by atoms with van der Waals surface area (Å²) in [6, 6.07) is 14.0. The normalized spacial score (nSPS) is 11.1. The predicted octanol–water partition coefficient (Wildman–Crippen LogP) is 4.29. The Morgan fingerprint density at radius 3 is 2.24 bits per heavy atom. The van der Waals surface area contributed by atoms with Gasteiger partial charge in [-0.15, -0.1) is 0 Å². The maximum Gasteiger partial charge on any atom is 0.351 e. The van der Waals surface area contributed by atoms with Crippen LogP contribution in [0.15, 0.2) is 48.5 Å². The van der Waals surface area contributed by atoms with E-state index in [1.165, 1.54) is 4.57 Å². The minimum atomic E-state index is -3.44. The molecule has 0 aliphatic carbocycles. The Balaban J connectivity index is 2.12. The summed E-state index contributed by atoms with van der Waals surface area (Å²) in [5.74, 6) is -1.10. The lowest BCUT2D eigenvalue weighted by Crippen LogP contribution is -2.10. The number of aromatic carboxylic acids is 1. The molecule has 0 radical (unpaired) electrons. The minimum absolute atomic E-state index is 0.0559. The van der Waals surface area contributed by atoms with E-state index in [9.17, 15) is 18.3 Å². The number of aromatic nitrogens is 1. The first kappa shape index (κ1) is 20.2. The van der Waals surface area contributed by atoms with Crippen molar-refractivity contribution in [1.29, 1.82) is 0 Å². The van der Waals surface area contributed by atoms with Crippen molar-refractivity contribution >= 4 is 27.4 Å². The SMILES string of the molecule is [C-]#[N+]c1c(-c2ccc(-c3ccccc3NS(C)(=O)=O)cc2)c(C(=O)O)n(C)c1C. The molecule has 1 aromatic heterocycles. The van der Waals surface area contributed by atoms with Gasteiger partial charge in [-0.3, -0.25) is 4.72 Å². The number of hydrogen-bond acceptors (Lipinski definition) is 3. The van der Waals surface area contributed by atoms with Crippen molar-refractivity contribution in [2.45, 2.75) is 6.92 Å². The summed E-state index contributed by atoms with van der Waals surface area (Å²) in [6.45, 7) is 9.18. The third kappa shape index (κ3) is 3.86. The van der Waals surface area contributed by atoms with Gasteiger partial charge in [0.05, 0.1) is 18.5 Å². The van der Waals surface area contributed by atoms with Crippen LogP contribution < -0.4 is 4.72 Å². The number of anilines is 1. The van der Waals surface area contributed by atoms with Crippen LogP contribution >= 0.6 is 0 Å². The third-order valence-electron chi connectivity index (χ3n) is 4.68. The Bertz CT molecular complexity index is 1250. The summed E-state index contributed by atoms with van der Waals surface area (Å²) in [5.41, 5.74) is 3.82. The van der Waals surface area contributed by atoms with E-state index in [1.807, 2.05) is 0 Å². The molecule has 8 heteroatoms. The monoisotopic (exact) mass is 409 g/mol. The first-order valence-corrected chi connectivity index (χ1v) is 10.5. The van der Waals surface area contributed by atoms with Gasteiger partial charge in [0.15, 0.2) is 0 Å². The molecule has 0 atom stereocenters. The number of para-hydroxylation sites is 1. The van der Waals surface area contributed by atoms with E-state index in [1.54, 1.807) is 62.5 Å². The van der Waals surface area contributed by atoms with Crippen molar-refractivity contribution in [1.82, 2.24) is 4.57 Å². The van der Waals surface area contributed by atoms with E-state index in [4.69, 9.17) is 6.57 Å². The number of nitrogens with one attached hydrogen (secondary N) is 1. The second-order valence-electron chi connectivity index (χ2n) is 6.63. The number of rotatable bonds is 5. The van der Waals surface area contributed by atoms with Gasteiger partial charge in [0.2, 0.25) is 15.7 Å². The summed E-state index contributed by atoms with van der Waals surface area (Å²) >= 11 is 0. The Morgan fingerprint density at radius 2 is 1.69 bits per heavy atom. The molecule has 148 valence electrons. The van der Waals surface area contributed by atoms with E-state index in [2.05, 4.69) is 9.57 Å². The van der Waals surface area contributed by atoms with Gasteiger partial charge in [0, 0.05) is 23.9 Å². The number of benzene rings is 2. The fourth-order valence-electron chi connectivity index (χ4n) is 3.29. The zero-order valence-corrected chi connectivity index (χ0v) is 16.9. The molecule has 0 fully saturated rings. The van der Waals surface area contributed by atoms with E-state index in [0.717, 1.165) is 11.8 Å². The first-order valence-electron chi connectivity index (χ1n) is 8.61. The molecule has 0 unspecified atom stereocenters.